The number of urea groups is 1. The Morgan fingerprint density at radius 3 is 2.50 bits per heavy atom. The van der Waals surface area contributed by atoms with Crippen molar-refractivity contribution in [1.29, 1.82) is 0 Å². The van der Waals surface area contributed by atoms with Crippen LogP contribution in [0.4, 0.5) is 4.79 Å². The van der Waals surface area contributed by atoms with E-state index in [9.17, 15) is 4.79 Å². The summed E-state index contributed by atoms with van der Waals surface area (Å²) in [5.41, 5.74) is 2.72. The average molecular weight is 427 g/mol. The predicted octanol–water partition coefficient (Wildman–Crippen LogP) is 3.77. The Balaban J connectivity index is 1.11. The normalized spacial score (nSPS) is 13.4. The maximum atomic E-state index is 12.2. The quantitative estimate of drug-likeness (QED) is 0.503. The van der Waals surface area contributed by atoms with Gasteiger partial charge in [-0.05, 0) is 42.0 Å². The van der Waals surface area contributed by atoms with Crippen molar-refractivity contribution in [1.82, 2.24) is 25.3 Å². The van der Waals surface area contributed by atoms with Gasteiger partial charge in [0.1, 0.15) is 11.9 Å². The van der Waals surface area contributed by atoms with Crippen LogP contribution in [0, 0.1) is 0 Å². The van der Waals surface area contributed by atoms with Gasteiger partial charge in [0.05, 0.1) is 13.1 Å². The van der Waals surface area contributed by atoms with Crippen LogP contribution in [-0.4, -0.2) is 45.2 Å². The minimum absolute atomic E-state index is 0.0215. The molecule has 0 saturated carbocycles. The second-order valence-electron chi connectivity index (χ2n) is 7.47. The Morgan fingerprint density at radius 1 is 1.00 bits per heavy atom. The van der Waals surface area contributed by atoms with Crippen LogP contribution >= 0.6 is 0 Å². The van der Waals surface area contributed by atoms with Gasteiger partial charge in [-0.1, -0.05) is 35.5 Å². The number of rotatable bonds is 6. The second kappa shape index (κ2) is 8.89. The first kappa shape index (κ1) is 19.7. The zero-order valence-electron chi connectivity index (χ0n) is 17.2. The summed E-state index contributed by atoms with van der Waals surface area (Å²) in [5.74, 6) is 1.69. The highest BCUT2D eigenvalue weighted by molar-refractivity contribution is 5.75. The molecule has 1 saturated heterocycles. The molecule has 3 heterocycles. The van der Waals surface area contributed by atoms with E-state index in [0.29, 0.717) is 31.3 Å². The molecular weight excluding hydrogens is 406 g/mol. The standard InChI is InChI=1S/C24H21N5O3/c30-24(26-14-17-4-2-1-3-5-17)29-15-21(16-29)31-20-8-6-18(7-9-20)22-27-23(32-28-22)19-10-12-25-13-11-19/h1-13,21H,14-16H2,(H,26,30). The number of carbonyl (C=O) groups is 1. The smallest absolute Gasteiger partial charge is 0.317 e. The van der Waals surface area contributed by atoms with E-state index in [-0.39, 0.29) is 12.1 Å². The van der Waals surface area contributed by atoms with E-state index in [0.717, 1.165) is 22.4 Å². The van der Waals surface area contributed by atoms with Gasteiger partial charge < -0.3 is 19.5 Å². The maximum Gasteiger partial charge on any atom is 0.317 e. The summed E-state index contributed by atoms with van der Waals surface area (Å²) < 4.78 is 11.3. The molecule has 4 aromatic rings. The fourth-order valence-corrected chi connectivity index (χ4v) is 3.39. The van der Waals surface area contributed by atoms with Crippen molar-refractivity contribution >= 4 is 6.03 Å². The van der Waals surface area contributed by atoms with Crippen LogP contribution in [-0.2, 0) is 6.54 Å². The molecule has 8 heteroatoms. The molecule has 0 bridgehead atoms. The molecule has 0 atom stereocenters. The lowest BCUT2D eigenvalue weighted by Gasteiger charge is -2.38. The minimum Gasteiger partial charge on any atom is -0.487 e. The Labute approximate surface area is 184 Å². The van der Waals surface area contributed by atoms with Gasteiger partial charge in [0.2, 0.25) is 5.82 Å². The zero-order chi connectivity index (χ0) is 21.8. The van der Waals surface area contributed by atoms with Crippen LogP contribution in [0.3, 0.4) is 0 Å². The van der Waals surface area contributed by atoms with Gasteiger partial charge >= 0.3 is 6.03 Å². The van der Waals surface area contributed by atoms with Gasteiger partial charge in [-0.25, -0.2) is 4.79 Å². The van der Waals surface area contributed by atoms with Crippen LogP contribution in [0.25, 0.3) is 22.8 Å². The summed E-state index contributed by atoms with van der Waals surface area (Å²) in [6, 6.07) is 20.9. The highest BCUT2D eigenvalue weighted by atomic mass is 16.5. The van der Waals surface area contributed by atoms with E-state index >= 15 is 0 Å². The molecular formula is C24H21N5O3. The number of pyridine rings is 1. The highest BCUT2D eigenvalue weighted by Crippen LogP contribution is 2.25. The summed E-state index contributed by atoms with van der Waals surface area (Å²) in [7, 11) is 0. The van der Waals surface area contributed by atoms with Crippen molar-refractivity contribution in [3.8, 4) is 28.6 Å². The monoisotopic (exact) mass is 427 g/mol. The van der Waals surface area contributed by atoms with Gasteiger partial charge in [-0.15, -0.1) is 0 Å². The summed E-state index contributed by atoms with van der Waals surface area (Å²) >= 11 is 0. The molecule has 160 valence electrons. The van der Waals surface area contributed by atoms with Crippen molar-refractivity contribution in [2.75, 3.05) is 13.1 Å². The Bertz CT molecular complexity index is 1170. The number of benzene rings is 2. The van der Waals surface area contributed by atoms with E-state index in [2.05, 4.69) is 20.4 Å². The zero-order valence-corrected chi connectivity index (χ0v) is 17.2. The second-order valence-corrected chi connectivity index (χ2v) is 7.47. The fraction of sp³-hybridized carbons (Fsp3) is 0.167. The molecule has 1 N–H and O–H groups in total. The van der Waals surface area contributed by atoms with E-state index in [1.54, 1.807) is 17.3 Å². The molecule has 0 unspecified atom stereocenters. The number of nitrogens with one attached hydrogen (secondary N) is 1. The summed E-state index contributed by atoms with van der Waals surface area (Å²) in [4.78, 5) is 22.4. The van der Waals surface area contributed by atoms with E-state index < -0.39 is 0 Å². The molecule has 0 spiro atoms. The Hall–Kier alpha value is -4.20. The fourth-order valence-electron chi connectivity index (χ4n) is 3.39. The van der Waals surface area contributed by atoms with Crippen LogP contribution in [0.1, 0.15) is 5.56 Å². The van der Waals surface area contributed by atoms with Crippen molar-refractivity contribution in [2.24, 2.45) is 0 Å². The lowest BCUT2D eigenvalue weighted by Crippen LogP contribution is -2.58. The van der Waals surface area contributed by atoms with Crippen molar-refractivity contribution in [3.05, 3.63) is 84.7 Å². The summed E-state index contributed by atoms with van der Waals surface area (Å²) in [5, 5.41) is 6.98. The van der Waals surface area contributed by atoms with E-state index in [4.69, 9.17) is 9.26 Å². The first-order valence-electron chi connectivity index (χ1n) is 10.3. The lowest BCUT2D eigenvalue weighted by atomic mass is 10.1. The number of ether oxygens (including phenoxy) is 1. The van der Waals surface area contributed by atoms with Crippen LogP contribution < -0.4 is 10.1 Å². The number of hydrogen-bond acceptors (Lipinski definition) is 6. The van der Waals surface area contributed by atoms with E-state index in [1.165, 1.54) is 0 Å². The van der Waals surface area contributed by atoms with Crippen LogP contribution in [0.15, 0.2) is 83.6 Å². The molecule has 0 radical (unpaired) electrons. The molecule has 5 rings (SSSR count). The average Bonchev–Trinajstić information content (AvgIpc) is 3.32. The van der Waals surface area contributed by atoms with Crippen molar-refractivity contribution in [3.63, 3.8) is 0 Å². The third-order valence-electron chi connectivity index (χ3n) is 5.19. The number of carbonyl (C=O) groups excluding carboxylic acids is 1. The van der Waals surface area contributed by atoms with Crippen molar-refractivity contribution in [2.45, 2.75) is 12.6 Å². The third-order valence-corrected chi connectivity index (χ3v) is 5.19. The predicted molar refractivity (Wildman–Crippen MR) is 118 cm³/mol. The number of aromatic nitrogens is 3. The number of nitrogens with zero attached hydrogens (tertiary/aromatic N) is 4. The van der Waals surface area contributed by atoms with Gasteiger partial charge in [-0.3, -0.25) is 4.98 Å². The molecule has 2 aromatic heterocycles. The van der Waals surface area contributed by atoms with Gasteiger partial charge in [-0.2, -0.15) is 4.98 Å². The van der Waals surface area contributed by atoms with Gasteiger partial charge in [0, 0.05) is 30.1 Å². The van der Waals surface area contributed by atoms with Crippen LogP contribution in [0.2, 0.25) is 0 Å². The highest BCUT2D eigenvalue weighted by Gasteiger charge is 2.32. The van der Waals surface area contributed by atoms with Crippen LogP contribution in [0.5, 0.6) is 5.75 Å². The topological polar surface area (TPSA) is 93.4 Å². The Kier molecular flexibility index (Phi) is 5.48. The largest absolute Gasteiger partial charge is 0.487 e. The molecule has 2 aromatic carbocycles. The SMILES string of the molecule is O=C(NCc1ccccc1)N1CC(Oc2ccc(-c3noc(-c4ccncc4)n3)cc2)C1. The van der Waals surface area contributed by atoms with E-state index in [1.807, 2.05) is 66.7 Å². The first-order valence-corrected chi connectivity index (χ1v) is 10.3. The molecule has 8 nitrogen and oxygen atoms in total. The third kappa shape index (κ3) is 4.44. The van der Waals surface area contributed by atoms with Crippen molar-refractivity contribution < 1.29 is 14.1 Å². The number of amides is 2. The van der Waals surface area contributed by atoms with Gasteiger partial charge in [0.25, 0.3) is 5.89 Å². The molecule has 1 aliphatic rings. The summed E-state index contributed by atoms with van der Waals surface area (Å²) in [6.07, 6.45) is 3.34. The molecule has 32 heavy (non-hydrogen) atoms. The molecule has 0 aliphatic carbocycles. The van der Waals surface area contributed by atoms with Gasteiger partial charge in [0.15, 0.2) is 0 Å². The molecule has 1 aliphatic heterocycles. The lowest BCUT2D eigenvalue weighted by molar-refractivity contribution is 0.0443. The number of hydrogen-bond donors (Lipinski definition) is 1. The Morgan fingerprint density at radius 2 is 1.75 bits per heavy atom. The maximum absolute atomic E-state index is 12.2. The first-order chi connectivity index (χ1) is 15.7. The molecule has 1 fully saturated rings. The number of likely N-dealkylation sites (tertiary alicyclic amines) is 1. The minimum atomic E-state index is -0.0776. The summed E-state index contributed by atoms with van der Waals surface area (Å²) in [6.45, 7) is 1.63. The molecule has 2 amide bonds.